The van der Waals surface area contributed by atoms with Gasteiger partial charge in [-0.05, 0) is 48.0 Å². The highest BCUT2D eigenvalue weighted by Crippen LogP contribution is 2.19. The molecule has 0 amide bonds. The maximum atomic E-state index is 11.8. The van der Waals surface area contributed by atoms with E-state index in [2.05, 4.69) is 10.1 Å². The van der Waals surface area contributed by atoms with Crippen LogP contribution in [0.15, 0.2) is 59.1 Å². The standard InChI is InChI=1S/C19H15ClN2O4/c1-24-16-9-5-14(6-10-16)19-21-17(26-22-19)12-25-18(23)11-4-13-2-7-15(20)8-3-13/h2-11H,12H2,1H3. The van der Waals surface area contributed by atoms with Crippen molar-refractivity contribution in [3.05, 3.63) is 71.1 Å². The zero-order chi connectivity index (χ0) is 18.4. The molecular weight excluding hydrogens is 356 g/mol. The fraction of sp³-hybridized carbons (Fsp3) is 0.105. The summed E-state index contributed by atoms with van der Waals surface area (Å²) >= 11 is 5.81. The molecule has 132 valence electrons. The number of ether oxygens (including phenoxy) is 2. The first-order valence-corrected chi connectivity index (χ1v) is 8.09. The van der Waals surface area contributed by atoms with Crippen LogP contribution >= 0.6 is 11.6 Å². The van der Waals surface area contributed by atoms with Crippen molar-refractivity contribution in [1.82, 2.24) is 10.1 Å². The molecule has 0 atom stereocenters. The minimum Gasteiger partial charge on any atom is -0.497 e. The number of methoxy groups -OCH3 is 1. The van der Waals surface area contributed by atoms with Gasteiger partial charge in [-0.25, -0.2) is 4.79 Å². The van der Waals surface area contributed by atoms with Gasteiger partial charge in [-0.1, -0.05) is 28.9 Å². The molecule has 0 saturated heterocycles. The van der Waals surface area contributed by atoms with Crippen LogP contribution in [0.5, 0.6) is 5.75 Å². The second kappa shape index (κ2) is 8.31. The van der Waals surface area contributed by atoms with E-state index in [0.29, 0.717) is 10.8 Å². The van der Waals surface area contributed by atoms with Crippen molar-refractivity contribution < 1.29 is 18.8 Å². The molecule has 7 heteroatoms. The van der Waals surface area contributed by atoms with Crippen LogP contribution in [0.2, 0.25) is 5.02 Å². The lowest BCUT2D eigenvalue weighted by Gasteiger charge is -1.99. The molecule has 0 aliphatic carbocycles. The SMILES string of the molecule is COc1ccc(-c2noc(COC(=O)C=Cc3ccc(Cl)cc3)n2)cc1. The number of carbonyl (C=O) groups excluding carboxylic acids is 1. The van der Waals surface area contributed by atoms with Crippen LogP contribution in [0.3, 0.4) is 0 Å². The summed E-state index contributed by atoms with van der Waals surface area (Å²) in [7, 11) is 1.59. The smallest absolute Gasteiger partial charge is 0.331 e. The molecule has 0 fully saturated rings. The Kier molecular flexibility index (Phi) is 5.66. The second-order valence-corrected chi connectivity index (χ2v) is 5.67. The van der Waals surface area contributed by atoms with Crippen LogP contribution in [-0.2, 0) is 16.1 Å². The summed E-state index contributed by atoms with van der Waals surface area (Å²) in [6.45, 7) is -0.104. The second-order valence-electron chi connectivity index (χ2n) is 5.23. The van der Waals surface area contributed by atoms with E-state index >= 15 is 0 Å². The molecule has 2 aromatic carbocycles. The van der Waals surface area contributed by atoms with Gasteiger partial charge in [-0.3, -0.25) is 0 Å². The highest BCUT2D eigenvalue weighted by atomic mass is 35.5. The number of halogens is 1. The van der Waals surface area contributed by atoms with Crippen LogP contribution in [0, 0.1) is 0 Å². The third-order valence-corrected chi connectivity index (χ3v) is 3.69. The van der Waals surface area contributed by atoms with E-state index in [4.69, 9.17) is 25.6 Å². The van der Waals surface area contributed by atoms with Crippen LogP contribution < -0.4 is 4.74 Å². The van der Waals surface area contributed by atoms with E-state index in [1.54, 1.807) is 49.6 Å². The number of esters is 1. The third kappa shape index (κ3) is 4.70. The molecule has 6 nitrogen and oxygen atoms in total. The van der Waals surface area contributed by atoms with E-state index in [0.717, 1.165) is 16.9 Å². The highest BCUT2D eigenvalue weighted by Gasteiger charge is 2.10. The molecule has 1 heterocycles. The van der Waals surface area contributed by atoms with Crippen molar-refractivity contribution in [3.63, 3.8) is 0 Å². The molecule has 1 aromatic heterocycles. The highest BCUT2D eigenvalue weighted by molar-refractivity contribution is 6.30. The molecule has 0 spiro atoms. The van der Waals surface area contributed by atoms with Crippen molar-refractivity contribution >= 4 is 23.6 Å². The minimum atomic E-state index is -0.510. The molecule has 0 radical (unpaired) electrons. The zero-order valence-electron chi connectivity index (χ0n) is 13.9. The van der Waals surface area contributed by atoms with Crippen molar-refractivity contribution in [3.8, 4) is 17.1 Å². The maximum Gasteiger partial charge on any atom is 0.331 e. The van der Waals surface area contributed by atoms with E-state index in [9.17, 15) is 4.79 Å². The molecule has 0 aliphatic heterocycles. The average molecular weight is 371 g/mol. The predicted molar refractivity (Wildman–Crippen MR) is 96.6 cm³/mol. The van der Waals surface area contributed by atoms with E-state index in [1.807, 2.05) is 12.1 Å². The summed E-state index contributed by atoms with van der Waals surface area (Å²) < 4.78 is 15.3. The van der Waals surface area contributed by atoms with Gasteiger partial charge in [0.15, 0.2) is 6.61 Å². The molecule has 3 aromatic rings. The lowest BCUT2D eigenvalue weighted by Crippen LogP contribution is -2.00. The summed E-state index contributed by atoms with van der Waals surface area (Å²) in [5.74, 6) is 0.850. The maximum absolute atomic E-state index is 11.8. The van der Waals surface area contributed by atoms with E-state index in [-0.39, 0.29) is 12.5 Å². The van der Waals surface area contributed by atoms with E-state index < -0.39 is 5.97 Å². The number of benzene rings is 2. The summed E-state index contributed by atoms with van der Waals surface area (Å²) in [5.41, 5.74) is 1.61. The quantitative estimate of drug-likeness (QED) is 0.479. The van der Waals surface area contributed by atoms with Crippen molar-refractivity contribution in [1.29, 1.82) is 0 Å². The lowest BCUT2D eigenvalue weighted by molar-refractivity contribution is -0.139. The molecule has 0 bridgehead atoms. The van der Waals surface area contributed by atoms with E-state index in [1.165, 1.54) is 6.08 Å². The molecule has 0 N–H and O–H groups in total. The van der Waals surface area contributed by atoms with Gasteiger partial charge in [-0.2, -0.15) is 4.98 Å². The molecule has 3 rings (SSSR count). The Labute approximate surface area is 155 Å². The normalized spacial score (nSPS) is 10.8. The Morgan fingerprint density at radius 2 is 1.88 bits per heavy atom. The number of rotatable bonds is 6. The van der Waals surface area contributed by atoms with Gasteiger partial charge in [0, 0.05) is 16.7 Å². The first kappa shape index (κ1) is 17.7. The van der Waals surface area contributed by atoms with Gasteiger partial charge in [0.05, 0.1) is 7.11 Å². The average Bonchev–Trinajstić information content (AvgIpc) is 3.15. The largest absolute Gasteiger partial charge is 0.497 e. The summed E-state index contributed by atoms with van der Waals surface area (Å²) in [6, 6.07) is 14.3. The van der Waals surface area contributed by atoms with Crippen molar-refractivity contribution in [2.24, 2.45) is 0 Å². The fourth-order valence-corrected chi connectivity index (χ4v) is 2.22. The van der Waals surface area contributed by atoms with Crippen LogP contribution in [0.4, 0.5) is 0 Å². The van der Waals surface area contributed by atoms with Gasteiger partial charge in [0.25, 0.3) is 5.89 Å². The van der Waals surface area contributed by atoms with Gasteiger partial charge in [-0.15, -0.1) is 0 Å². The Hall–Kier alpha value is -3.12. The molecule has 0 unspecified atom stereocenters. The third-order valence-electron chi connectivity index (χ3n) is 3.44. The monoisotopic (exact) mass is 370 g/mol. The number of nitrogens with zero attached hydrogens (tertiary/aromatic N) is 2. The first-order valence-electron chi connectivity index (χ1n) is 7.71. The lowest BCUT2D eigenvalue weighted by atomic mass is 10.2. The summed E-state index contributed by atoms with van der Waals surface area (Å²) in [6.07, 6.45) is 2.96. The van der Waals surface area contributed by atoms with Gasteiger partial charge in [0.2, 0.25) is 5.82 Å². The topological polar surface area (TPSA) is 74.5 Å². The van der Waals surface area contributed by atoms with Crippen molar-refractivity contribution in [2.75, 3.05) is 7.11 Å². The number of aromatic nitrogens is 2. The van der Waals surface area contributed by atoms with Gasteiger partial charge in [0.1, 0.15) is 5.75 Å². The summed E-state index contributed by atoms with van der Waals surface area (Å²) in [5, 5.41) is 4.51. The Balaban J connectivity index is 1.55. The number of hydrogen-bond donors (Lipinski definition) is 0. The molecular formula is C19H15ClN2O4. The van der Waals surface area contributed by atoms with Crippen LogP contribution in [0.25, 0.3) is 17.5 Å². The molecule has 0 aliphatic rings. The molecule has 26 heavy (non-hydrogen) atoms. The minimum absolute atomic E-state index is 0.104. The van der Waals surface area contributed by atoms with Gasteiger partial charge >= 0.3 is 5.97 Å². The van der Waals surface area contributed by atoms with Crippen LogP contribution in [0.1, 0.15) is 11.5 Å². The zero-order valence-corrected chi connectivity index (χ0v) is 14.6. The van der Waals surface area contributed by atoms with Gasteiger partial charge < -0.3 is 14.0 Å². The first-order chi connectivity index (χ1) is 12.6. The summed E-state index contributed by atoms with van der Waals surface area (Å²) in [4.78, 5) is 16.0. The van der Waals surface area contributed by atoms with Crippen molar-refractivity contribution in [2.45, 2.75) is 6.61 Å². The molecule has 0 saturated carbocycles. The number of carbonyl (C=O) groups is 1. The predicted octanol–water partition coefficient (Wildman–Crippen LogP) is 4.16. The number of hydrogen-bond acceptors (Lipinski definition) is 6. The Morgan fingerprint density at radius 1 is 1.15 bits per heavy atom. The van der Waals surface area contributed by atoms with Crippen LogP contribution in [-0.4, -0.2) is 23.2 Å². The Bertz CT molecular complexity index is 902. The fourth-order valence-electron chi connectivity index (χ4n) is 2.09. The Morgan fingerprint density at radius 3 is 2.58 bits per heavy atom.